The highest BCUT2D eigenvalue weighted by Crippen LogP contribution is 2.46. The number of benzene rings is 8. The molecule has 4 nitrogen and oxygen atoms in total. The lowest BCUT2D eigenvalue weighted by molar-refractivity contribution is 0.623. The first kappa shape index (κ1) is 27.5. The summed E-state index contributed by atoms with van der Waals surface area (Å²) in [5.41, 5.74) is 9.79. The number of hydrogen-bond acceptors (Lipinski definition) is 4. The smallest absolute Gasteiger partial charge is 0.227 e. The number of fused-ring (bicyclic) bond motifs is 8. The molecule has 0 aliphatic carbocycles. The van der Waals surface area contributed by atoms with Crippen molar-refractivity contribution in [1.82, 2.24) is 4.98 Å². The van der Waals surface area contributed by atoms with Crippen molar-refractivity contribution in [1.29, 1.82) is 0 Å². The topological polar surface area (TPSA) is 42.4 Å². The quantitative estimate of drug-likeness (QED) is 0.178. The van der Waals surface area contributed by atoms with Crippen LogP contribution in [0.25, 0.3) is 77.2 Å². The van der Waals surface area contributed by atoms with E-state index in [-0.39, 0.29) is 0 Å². The Balaban J connectivity index is 1.23. The van der Waals surface area contributed by atoms with E-state index in [4.69, 9.17) is 13.8 Å². The van der Waals surface area contributed by atoms with Crippen LogP contribution in [0.4, 0.5) is 17.1 Å². The molecule has 2 aromatic heterocycles. The van der Waals surface area contributed by atoms with Gasteiger partial charge >= 0.3 is 0 Å². The Labute approximate surface area is 282 Å². The van der Waals surface area contributed by atoms with Crippen LogP contribution >= 0.6 is 0 Å². The Hall–Kier alpha value is -6.65. The first-order valence-corrected chi connectivity index (χ1v) is 16.5. The Morgan fingerprint density at radius 2 is 1.14 bits per heavy atom. The third-order valence-corrected chi connectivity index (χ3v) is 9.47. The average Bonchev–Trinajstić information content (AvgIpc) is 3.78. The van der Waals surface area contributed by atoms with E-state index in [1.807, 2.05) is 42.5 Å². The molecule has 0 radical (unpaired) electrons. The van der Waals surface area contributed by atoms with E-state index in [1.165, 1.54) is 0 Å². The molecular weight excluding hydrogens is 601 g/mol. The fourth-order valence-corrected chi connectivity index (χ4v) is 7.25. The summed E-state index contributed by atoms with van der Waals surface area (Å²) in [6.45, 7) is 0. The highest BCUT2D eigenvalue weighted by atomic mass is 16.3. The normalized spacial score (nSPS) is 11.7. The second kappa shape index (κ2) is 11.0. The molecule has 49 heavy (non-hydrogen) atoms. The van der Waals surface area contributed by atoms with Crippen molar-refractivity contribution in [3.8, 4) is 22.6 Å². The van der Waals surface area contributed by atoms with E-state index < -0.39 is 0 Å². The molecule has 0 spiro atoms. The maximum Gasteiger partial charge on any atom is 0.227 e. The number of oxazole rings is 1. The van der Waals surface area contributed by atoms with E-state index in [0.29, 0.717) is 5.89 Å². The summed E-state index contributed by atoms with van der Waals surface area (Å²) in [5.74, 6) is 0.622. The van der Waals surface area contributed by atoms with Gasteiger partial charge in [0.2, 0.25) is 5.89 Å². The fraction of sp³-hybridized carbons (Fsp3) is 0. The SMILES string of the molecule is c1ccc(-c2nc3ccc4ccc5ccc(N(c6ccccc6)c6ccccc6-c6cccc7oc8ccccc8c67)cc5c4c3o2)cc1. The predicted octanol–water partition coefficient (Wildman–Crippen LogP) is 12.8. The van der Waals surface area contributed by atoms with Crippen LogP contribution < -0.4 is 4.90 Å². The van der Waals surface area contributed by atoms with Crippen LogP contribution in [0.2, 0.25) is 0 Å². The van der Waals surface area contributed by atoms with Crippen LogP contribution in [0.3, 0.4) is 0 Å². The minimum atomic E-state index is 0.622. The van der Waals surface area contributed by atoms with E-state index in [0.717, 1.165) is 88.3 Å². The summed E-state index contributed by atoms with van der Waals surface area (Å²) < 4.78 is 12.9. The van der Waals surface area contributed by atoms with Gasteiger partial charge in [0.15, 0.2) is 5.58 Å². The Bertz CT molecular complexity index is 2830. The Kier molecular flexibility index (Phi) is 6.15. The van der Waals surface area contributed by atoms with E-state index >= 15 is 0 Å². The molecule has 0 saturated heterocycles. The second-order valence-corrected chi connectivity index (χ2v) is 12.3. The summed E-state index contributed by atoms with van der Waals surface area (Å²) >= 11 is 0. The van der Waals surface area contributed by atoms with Crippen LogP contribution in [-0.4, -0.2) is 4.98 Å². The van der Waals surface area contributed by atoms with Crippen LogP contribution in [-0.2, 0) is 0 Å². The van der Waals surface area contributed by atoms with Crippen LogP contribution in [0.1, 0.15) is 0 Å². The molecule has 0 fully saturated rings. The summed E-state index contributed by atoms with van der Waals surface area (Å²) in [5, 5.41) is 6.64. The van der Waals surface area contributed by atoms with Gasteiger partial charge in [-0.05, 0) is 82.4 Å². The zero-order valence-corrected chi connectivity index (χ0v) is 26.4. The van der Waals surface area contributed by atoms with Crippen molar-refractivity contribution in [2.75, 3.05) is 4.90 Å². The molecule has 8 aromatic carbocycles. The van der Waals surface area contributed by atoms with Gasteiger partial charge in [-0.2, -0.15) is 0 Å². The molecule has 0 amide bonds. The number of anilines is 3. The monoisotopic (exact) mass is 628 g/mol. The molecule has 2 heterocycles. The maximum atomic E-state index is 6.56. The fourth-order valence-electron chi connectivity index (χ4n) is 7.25. The molecule has 0 atom stereocenters. The van der Waals surface area contributed by atoms with Gasteiger partial charge in [0, 0.05) is 38.7 Å². The van der Waals surface area contributed by atoms with Crippen molar-refractivity contribution in [2.24, 2.45) is 0 Å². The molecule has 0 bridgehead atoms. The summed E-state index contributed by atoms with van der Waals surface area (Å²) in [7, 11) is 0. The van der Waals surface area contributed by atoms with Crippen molar-refractivity contribution in [3.05, 3.63) is 170 Å². The standard InChI is InChI=1S/C45H28N2O2/c1-3-12-31(13-4-1)45-46-38-27-25-30-23-22-29-24-26-33(28-37(29)42(30)44(38)49-45)47(32-14-5-2-6-15-32)39-19-9-7-16-34(39)35-18-11-21-41-43(35)36-17-8-10-20-40(36)48-41/h1-28H. The number of aromatic nitrogens is 1. The van der Waals surface area contributed by atoms with Crippen molar-refractivity contribution in [3.63, 3.8) is 0 Å². The Morgan fingerprint density at radius 1 is 0.449 bits per heavy atom. The van der Waals surface area contributed by atoms with Gasteiger partial charge in [-0.15, -0.1) is 0 Å². The maximum absolute atomic E-state index is 6.56. The van der Waals surface area contributed by atoms with Crippen molar-refractivity contribution < 1.29 is 8.83 Å². The van der Waals surface area contributed by atoms with E-state index in [9.17, 15) is 0 Å². The molecule has 10 rings (SSSR count). The number of para-hydroxylation sites is 3. The minimum Gasteiger partial charge on any atom is -0.456 e. The van der Waals surface area contributed by atoms with Gasteiger partial charge in [-0.25, -0.2) is 4.98 Å². The van der Waals surface area contributed by atoms with Gasteiger partial charge in [0.1, 0.15) is 16.7 Å². The zero-order chi connectivity index (χ0) is 32.3. The first-order valence-electron chi connectivity index (χ1n) is 16.5. The number of rotatable bonds is 5. The number of nitrogens with zero attached hydrogens (tertiary/aromatic N) is 2. The van der Waals surface area contributed by atoms with Gasteiger partial charge in [-0.1, -0.05) is 109 Å². The predicted molar refractivity (Wildman–Crippen MR) is 202 cm³/mol. The van der Waals surface area contributed by atoms with Gasteiger partial charge in [0.25, 0.3) is 0 Å². The molecule has 0 aliphatic rings. The molecule has 0 aliphatic heterocycles. The van der Waals surface area contributed by atoms with Crippen molar-refractivity contribution >= 4 is 71.6 Å². The second-order valence-electron chi connectivity index (χ2n) is 12.3. The number of furan rings is 1. The molecule has 230 valence electrons. The average molecular weight is 629 g/mol. The lowest BCUT2D eigenvalue weighted by atomic mass is 9.96. The van der Waals surface area contributed by atoms with Gasteiger partial charge < -0.3 is 13.7 Å². The lowest BCUT2D eigenvalue weighted by Crippen LogP contribution is -2.11. The largest absolute Gasteiger partial charge is 0.456 e. The first-order chi connectivity index (χ1) is 24.3. The van der Waals surface area contributed by atoms with Crippen LogP contribution in [0.15, 0.2) is 179 Å². The Morgan fingerprint density at radius 3 is 2.04 bits per heavy atom. The molecule has 10 aromatic rings. The molecule has 4 heteroatoms. The van der Waals surface area contributed by atoms with E-state index in [2.05, 4.69) is 132 Å². The molecule has 0 saturated carbocycles. The summed E-state index contributed by atoms with van der Waals surface area (Å²) in [6, 6.07) is 59.2. The highest BCUT2D eigenvalue weighted by molar-refractivity contribution is 6.19. The zero-order valence-electron chi connectivity index (χ0n) is 26.4. The van der Waals surface area contributed by atoms with Crippen molar-refractivity contribution in [2.45, 2.75) is 0 Å². The summed E-state index contributed by atoms with van der Waals surface area (Å²) in [6.07, 6.45) is 0. The minimum absolute atomic E-state index is 0.622. The van der Waals surface area contributed by atoms with Crippen LogP contribution in [0, 0.1) is 0 Å². The number of hydrogen-bond donors (Lipinski definition) is 0. The van der Waals surface area contributed by atoms with Gasteiger partial charge in [-0.3, -0.25) is 0 Å². The van der Waals surface area contributed by atoms with Crippen LogP contribution in [0.5, 0.6) is 0 Å². The van der Waals surface area contributed by atoms with E-state index in [1.54, 1.807) is 0 Å². The molecule has 0 unspecified atom stereocenters. The third-order valence-electron chi connectivity index (χ3n) is 9.47. The lowest BCUT2D eigenvalue weighted by Gasteiger charge is -2.28. The highest BCUT2D eigenvalue weighted by Gasteiger charge is 2.21. The third kappa shape index (κ3) is 4.42. The summed E-state index contributed by atoms with van der Waals surface area (Å²) in [4.78, 5) is 7.25. The van der Waals surface area contributed by atoms with Gasteiger partial charge in [0.05, 0.1) is 5.69 Å². The molecule has 0 N–H and O–H groups in total. The molecular formula is C45H28N2O2.